The van der Waals surface area contributed by atoms with Gasteiger partial charge in [-0.25, -0.2) is 13.6 Å². The van der Waals surface area contributed by atoms with E-state index in [-0.39, 0.29) is 42.1 Å². The summed E-state index contributed by atoms with van der Waals surface area (Å²) in [5, 5.41) is 2.40. The van der Waals surface area contributed by atoms with Gasteiger partial charge in [0.2, 0.25) is 0 Å². The van der Waals surface area contributed by atoms with Gasteiger partial charge in [0, 0.05) is 38.2 Å². The largest absolute Gasteiger partial charge is 0.396 e. The van der Waals surface area contributed by atoms with E-state index in [4.69, 9.17) is 0 Å². The average molecular weight is 552 g/mol. The number of urea groups is 1. The second kappa shape index (κ2) is 11.2. The molecule has 2 aliphatic rings. The highest BCUT2D eigenvalue weighted by atomic mass is 19.4. The molecule has 2 atom stereocenters. The van der Waals surface area contributed by atoms with Crippen molar-refractivity contribution in [3.63, 3.8) is 0 Å². The fourth-order valence-electron chi connectivity index (χ4n) is 4.74. The van der Waals surface area contributed by atoms with E-state index in [0.717, 1.165) is 24.0 Å². The molecule has 1 N–H and O–H groups in total. The van der Waals surface area contributed by atoms with Crippen LogP contribution in [0.5, 0.6) is 0 Å². The first kappa shape index (κ1) is 29.8. The standard InChI is InChI=1S/C15H16F5NO.C13H14N2O2/c1-9(22)7-21(11(3)10(2)15(18,19)20)8-12-4-13(16)6-14(17)5-12;1-8-3-4-9-6-13(7-10(9)5-8)11(16)14-12(17)15(13)2/h4-6,10H,3,7-8H2,1-2H3;3-5H,6-7H2,1-2H3,(H,14,16,17). The Kier molecular flexibility index (Phi) is 8.52. The number of fused-ring (bicyclic) bond motifs is 1. The van der Waals surface area contributed by atoms with Crippen molar-refractivity contribution in [3.05, 3.63) is 82.6 Å². The molecule has 1 spiro atoms. The Morgan fingerprint density at radius 2 is 1.69 bits per heavy atom. The minimum absolute atomic E-state index is 0.120. The monoisotopic (exact) mass is 551 g/mol. The molecule has 1 aliphatic carbocycles. The molecule has 2 unspecified atom stereocenters. The predicted molar refractivity (Wildman–Crippen MR) is 134 cm³/mol. The van der Waals surface area contributed by atoms with Crippen molar-refractivity contribution in [2.75, 3.05) is 13.6 Å². The van der Waals surface area contributed by atoms with Crippen molar-refractivity contribution in [1.29, 1.82) is 0 Å². The van der Waals surface area contributed by atoms with E-state index in [1.165, 1.54) is 23.6 Å². The van der Waals surface area contributed by atoms with Crippen LogP contribution in [0.15, 0.2) is 48.7 Å². The minimum Gasteiger partial charge on any atom is -0.363 e. The van der Waals surface area contributed by atoms with Crippen LogP contribution in [0.4, 0.5) is 26.7 Å². The lowest BCUT2D eigenvalue weighted by atomic mass is 9.95. The fraction of sp³-hybridized carbons (Fsp3) is 0.393. The minimum atomic E-state index is -4.51. The number of aryl methyl sites for hydroxylation is 1. The van der Waals surface area contributed by atoms with Gasteiger partial charge in [-0.1, -0.05) is 30.3 Å². The molecule has 0 radical (unpaired) electrons. The first-order chi connectivity index (χ1) is 18.0. The average Bonchev–Trinajstić information content (AvgIpc) is 3.29. The van der Waals surface area contributed by atoms with E-state index in [9.17, 15) is 36.3 Å². The van der Waals surface area contributed by atoms with Crippen molar-refractivity contribution < 1.29 is 36.3 Å². The van der Waals surface area contributed by atoms with Crippen LogP contribution in [0.2, 0.25) is 0 Å². The van der Waals surface area contributed by atoms with Crippen LogP contribution in [0.1, 0.15) is 36.1 Å². The molecule has 4 rings (SSSR count). The van der Waals surface area contributed by atoms with Gasteiger partial charge < -0.3 is 9.80 Å². The molecule has 2 aromatic carbocycles. The topological polar surface area (TPSA) is 69.7 Å². The van der Waals surface area contributed by atoms with E-state index in [0.29, 0.717) is 18.9 Å². The Morgan fingerprint density at radius 3 is 2.21 bits per heavy atom. The number of amides is 3. The molecule has 0 aromatic heterocycles. The Bertz CT molecular complexity index is 1290. The summed E-state index contributed by atoms with van der Waals surface area (Å²) in [7, 11) is 1.69. The normalized spacial score (nSPS) is 18.8. The molecule has 1 fully saturated rings. The Balaban J connectivity index is 0.000000221. The molecule has 1 saturated heterocycles. The van der Waals surface area contributed by atoms with Crippen LogP contribution < -0.4 is 5.32 Å². The Morgan fingerprint density at radius 1 is 1.10 bits per heavy atom. The third kappa shape index (κ3) is 6.63. The quantitative estimate of drug-likeness (QED) is 0.402. The van der Waals surface area contributed by atoms with Crippen LogP contribution in [-0.4, -0.2) is 52.8 Å². The number of alkyl halides is 3. The van der Waals surface area contributed by atoms with Crippen LogP contribution in [0.25, 0.3) is 0 Å². The molecule has 1 heterocycles. The maximum atomic E-state index is 13.2. The lowest BCUT2D eigenvalue weighted by Crippen LogP contribution is -2.48. The smallest absolute Gasteiger partial charge is 0.363 e. The van der Waals surface area contributed by atoms with Crippen molar-refractivity contribution >= 4 is 17.7 Å². The molecule has 0 bridgehead atoms. The van der Waals surface area contributed by atoms with Crippen molar-refractivity contribution in [3.8, 4) is 0 Å². The van der Waals surface area contributed by atoms with E-state index in [1.807, 2.05) is 13.0 Å². The number of carbonyl (C=O) groups is 3. The van der Waals surface area contributed by atoms with Gasteiger partial charge in [-0.2, -0.15) is 13.2 Å². The van der Waals surface area contributed by atoms with Gasteiger partial charge in [0.15, 0.2) is 0 Å². The number of carbonyl (C=O) groups excluding carboxylic acids is 3. The number of hydrogen-bond acceptors (Lipinski definition) is 4. The summed E-state index contributed by atoms with van der Waals surface area (Å²) in [5.41, 5.74) is 2.65. The molecular weight excluding hydrogens is 521 g/mol. The zero-order valence-electron chi connectivity index (χ0n) is 22.1. The van der Waals surface area contributed by atoms with Gasteiger partial charge in [0.1, 0.15) is 23.0 Å². The molecule has 2 aromatic rings. The SMILES string of the molecule is C=C(C(C)C(F)(F)F)N(CC(C)=O)Cc1cc(F)cc(F)c1.Cc1ccc2c(c1)CC1(C2)C(=O)NC(=O)N1C. The van der Waals surface area contributed by atoms with Crippen LogP contribution in [0.3, 0.4) is 0 Å². The van der Waals surface area contributed by atoms with Crippen molar-refractivity contribution in [2.45, 2.75) is 51.9 Å². The number of nitrogens with one attached hydrogen (secondary N) is 1. The summed E-state index contributed by atoms with van der Waals surface area (Å²) < 4.78 is 64.6. The Labute approximate surface area is 223 Å². The summed E-state index contributed by atoms with van der Waals surface area (Å²) in [6.45, 7) is 6.98. The van der Waals surface area contributed by atoms with E-state index >= 15 is 0 Å². The molecule has 6 nitrogen and oxygen atoms in total. The van der Waals surface area contributed by atoms with E-state index in [1.54, 1.807) is 11.9 Å². The summed E-state index contributed by atoms with van der Waals surface area (Å²) in [6, 6.07) is 8.58. The Hall–Kier alpha value is -3.76. The summed E-state index contributed by atoms with van der Waals surface area (Å²) in [6.07, 6.45) is -3.27. The van der Waals surface area contributed by atoms with Crippen LogP contribution in [0, 0.1) is 24.5 Å². The fourth-order valence-corrected chi connectivity index (χ4v) is 4.74. The lowest BCUT2D eigenvalue weighted by molar-refractivity contribution is -0.164. The molecule has 39 heavy (non-hydrogen) atoms. The van der Waals surface area contributed by atoms with Crippen molar-refractivity contribution in [1.82, 2.24) is 15.1 Å². The summed E-state index contributed by atoms with van der Waals surface area (Å²) in [4.78, 5) is 37.4. The number of benzene rings is 2. The van der Waals surface area contributed by atoms with Gasteiger partial charge in [-0.15, -0.1) is 0 Å². The number of rotatable bonds is 6. The molecule has 0 saturated carbocycles. The van der Waals surface area contributed by atoms with E-state index in [2.05, 4.69) is 24.0 Å². The number of allylic oxidation sites excluding steroid dienone is 1. The number of imide groups is 1. The zero-order chi connectivity index (χ0) is 29.3. The number of hydrogen-bond donors (Lipinski definition) is 1. The number of halogens is 5. The van der Waals surface area contributed by atoms with Gasteiger partial charge in [-0.3, -0.25) is 14.9 Å². The van der Waals surface area contributed by atoms with Gasteiger partial charge in [-0.05, 0) is 49.6 Å². The maximum absolute atomic E-state index is 13.2. The lowest BCUT2D eigenvalue weighted by Gasteiger charge is -2.30. The highest BCUT2D eigenvalue weighted by Crippen LogP contribution is 2.37. The molecule has 3 amide bonds. The van der Waals surface area contributed by atoms with Gasteiger partial charge in [0.25, 0.3) is 5.91 Å². The summed E-state index contributed by atoms with van der Waals surface area (Å²) in [5.74, 6) is -4.10. The number of nitrogens with zero attached hydrogens (tertiary/aromatic N) is 2. The number of Topliss-reactive ketones (excluding diaryl/α,β-unsaturated/α-hetero) is 1. The highest BCUT2D eigenvalue weighted by molar-refractivity contribution is 6.07. The van der Waals surface area contributed by atoms with E-state index < -0.39 is 29.3 Å². The second-order valence-electron chi connectivity index (χ2n) is 10.1. The first-order valence-corrected chi connectivity index (χ1v) is 12.2. The third-order valence-electron chi connectivity index (χ3n) is 7.02. The van der Waals surface area contributed by atoms with Crippen LogP contribution >= 0.6 is 0 Å². The molecule has 11 heteroatoms. The second-order valence-corrected chi connectivity index (χ2v) is 10.1. The number of likely N-dealkylation sites (N-methyl/N-ethyl adjacent to an activating group) is 1. The zero-order valence-corrected chi connectivity index (χ0v) is 22.1. The third-order valence-corrected chi connectivity index (χ3v) is 7.02. The van der Waals surface area contributed by atoms with Gasteiger partial charge in [0.05, 0.1) is 12.5 Å². The summed E-state index contributed by atoms with van der Waals surface area (Å²) >= 11 is 0. The number of ketones is 1. The van der Waals surface area contributed by atoms with Crippen molar-refractivity contribution in [2.24, 2.45) is 5.92 Å². The maximum Gasteiger partial charge on any atom is 0.396 e. The van der Waals surface area contributed by atoms with Gasteiger partial charge >= 0.3 is 12.2 Å². The molecule has 1 aliphatic heterocycles. The first-order valence-electron chi connectivity index (χ1n) is 12.2. The highest BCUT2D eigenvalue weighted by Gasteiger charge is 2.54. The molecular formula is C28H30F5N3O3. The van der Waals surface area contributed by atoms with Crippen LogP contribution in [-0.2, 0) is 29.0 Å². The predicted octanol–water partition coefficient (Wildman–Crippen LogP) is 5.08. The molecule has 210 valence electrons.